The number of nitrogens with zero attached hydrogens (tertiary/aromatic N) is 2. The fraction of sp³-hybridized carbons (Fsp3) is 1.00. The standard InChI is InChI=1S/C8H22N2P2/c1-9(2)12(10(3)4)8-7-11(5)6/h7-8H2,1-6H3. The zero-order valence-electron chi connectivity index (χ0n) is 9.20. The minimum atomic E-state index is -0.0283. The molecular formula is C8H22N2P2. The van der Waals surface area contributed by atoms with Gasteiger partial charge in [-0.1, -0.05) is 0 Å². The second kappa shape index (κ2) is 6.27. The molecule has 0 aliphatic heterocycles. The highest BCUT2D eigenvalue weighted by atomic mass is 31.1. The van der Waals surface area contributed by atoms with Crippen LogP contribution in [0.3, 0.4) is 0 Å². The Labute approximate surface area is 79.9 Å². The Bertz CT molecular complexity index is 108. The van der Waals surface area contributed by atoms with Gasteiger partial charge >= 0.3 is 0 Å². The molecular weight excluding hydrogens is 186 g/mol. The van der Waals surface area contributed by atoms with E-state index in [-0.39, 0.29) is 16.1 Å². The second-order valence-electron chi connectivity index (χ2n) is 3.59. The Morgan fingerprint density at radius 2 is 1.25 bits per heavy atom. The van der Waals surface area contributed by atoms with Gasteiger partial charge in [0.2, 0.25) is 0 Å². The fourth-order valence-electron chi connectivity index (χ4n) is 1.05. The topological polar surface area (TPSA) is 6.48 Å². The third-order valence-corrected chi connectivity index (χ3v) is 5.61. The molecule has 0 atom stereocenters. The van der Waals surface area contributed by atoms with Crippen molar-refractivity contribution in [2.75, 3.05) is 53.8 Å². The average molecular weight is 208 g/mol. The second-order valence-corrected chi connectivity index (χ2v) is 8.99. The quantitative estimate of drug-likeness (QED) is 0.639. The van der Waals surface area contributed by atoms with E-state index in [1.165, 1.54) is 12.3 Å². The first-order valence-corrected chi connectivity index (χ1v) is 8.07. The van der Waals surface area contributed by atoms with Gasteiger partial charge in [0.15, 0.2) is 0 Å². The van der Waals surface area contributed by atoms with Crippen LogP contribution in [0.25, 0.3) is 0 Å². The van der Waals surface area contributed by atoms with Crippen LogP contribution in [0.4, 0.5) is 0 Å². The van der Waals surface area contributed by atoms with Crippen LogP contribution in [0, 0.1) is 0 Å². The van der Waals surface area contributed by atoms with Crippen molar-refractivity contribution in [2.45, 2.75) is 0 Å². The predicted molar refractivity (Wildman–Crippen MR) is 62.8 cm³/mol. The smallest absolute Gasteiger partial charge is 0.0387 e. The van der Waals surface area contributed by atoms with Gasteiger partial charge < -0.3 is 0 Å². The largest absolute Gasteiger partial charge is 0.276 e. The van der Waals surface area contributed by atoms with Crippen LogP contribution in [-0.2, 0) is 0 Å². The van der Waals surface area contributed by atoms with Crippen molar-refractivity contribution >= 4 is 16.1 Å². The molecule has 0 rings (SSSR count). The summed E-state index contributed by atoms with van der Waals surface area (Å²) in [4.78, 5) is 0. The van der Waals surface area contributed by atoms with Crippen LogP contribution in [0.5, 0.6) is 0 Å². The van der Waals surface area contributed by atoms with E-state index in [4.69, 9.17) is 0 Å². The van der Waals surface area contributed by atoms with E-state index >= 15 is 0 Å². The molecule has 0 aliphatic rings. The SMILES string of the molecule is CN(C)P(CCP(C)C)N(C)C. The van der Waals surface area contributed by atoms with Gasteiger partial charge in [0.05, 0.1) is 0 Å². The Hall–Kier alpha value is 0.780. The van der Waals surface area contributed by atoms with Crippen LogP contribution in [-0.4, -0.2) is 63.2 Å². The van der Waals surface area contributed by atoms with Crippen molar-refractivity contribution in [1.82, 2.24) is 9.34 Å². The Balaban J connectivity index is 3.80. The van der Waals surface area contributed by atoms with Crippen LogP contribution >= 0.6 is 16.1 Å². The van der Waals surface area contributed by atoms with E-state index in [0.717, 1.165) is 0 Å². The lowest BCUT2D eigenvalue weighted by molar-refractivity contribution is 0.574. The van der Waals surface area contributed by atoms with Crippen molar-refractivity contribution in [3.63, 3.8) is 0 Å². The first-order chi connectivity index (χ1) is 5.45. The van der Waals surface area contributed by atoms with Crippen molar-refractivity contribution in [2.24, 2.45) is 0 Å². The fourth-order valence-corrected chi connectivity index (χ4v) is 4.88. The zero-order valence-corrected chi connectivity index (χ0v) is 11.0. The maximum absolute atomic E-state index is 2.36. The molecule has 12 heavy (non-hydrogen) atoms. The normalized spacial score (nSPS) is 12.5. The molecule has 0 N–H and O–H groups in total. The summed E-state index contributed by atoms with van der Waals surface area (Å²) in [5, 5.41) is 0. The maximum atomic E-state index is 2.36. The van der Waals surface area contributed by atoms with E-state index in [0.29, 0.717) is 0 Å². The van der Waals surface area contributed by atoms with Gasteiger partial charge in [0, 0.05) is 8.22 Å². The number of hydrogen-bond acceptors (Lipinski definition) is 2. The van der Waals surface area contributed by atoms with Gasteiger partial charge in [-0.3, -0.25) is 9.34 Å². The van der Waals surface area contributed by atoms with Gasteiger partial charge in [-0.15, -0.1) is 7.92 Å². The molecule has 0 saturated carbocycles. The molecule has 0 fully saturated rings. The molecule has 2 nitrogen and oxygen atoms in total. The minimum Gasteiger partial charge on any atom is -0.276 e. The Morgan fingerprint density at radius 1 is 0.833 bits per heavy atom. The van der Waals surface area contributed by atoms with E-state index in [2.05, 4.69) is 50.9 Å². The van der Waals surface area contributed by atoms with Crippen LogP contribution < -0.4 is 0 Å². The van der Waals surface area contributed by atoms with Crippen LogP contribution in [0.1, 0.15) is 0 Å². The van der Waals surface area contributed by atoms with Crippen molar-refractivity contribution in [1.29, 1.82) is 0 Å². The summed E-state index contributed by atoms with van der Waals surface area (Å²) in [5.41, 5.74) is 0. The van der Waals surface area contributed by atoms with Gasteiger partial charge in [-0.2, -0.15) is 0 Å². The lowest BCUT2D eigenvalue weighted by atomic mass is 11.0. The molecule has 0 aromatic heterocycles. The summed E-state index contributed by atoms with van der Waals surface area (Å²) < 4.78 is 4.71. The summed E-state index contributed by atoms with van der Waals surface area (Å²) >= 11 is 0. The maximum Gasteiger partial charge on any atom is 0.0387 e. The van der Waals surface area contributed by atoms with E-state index in [1.54, 1.807) is 0 Å². The van der Waals surface area contributed by atoms with Crippen LogP contribution in [0.15, 0.2) is 0 Å². The lowest BCUT2D eigenvalue weighted by Crippen LogP contribution is -2.19. The molecule has 0 unspecified atom stereocenters. The Morgan fingerprint density at radius 3 is 1.50 bits per heavy atom. The van der Waals surface area contributed by atoms with Gasteiger partial charge in [-0.25, -0.2) is 0 Å². The van der Waals surface area contributed by atoms with Crippen molar-refractivity contribution < 1.29 is 0 Å². The monoisotopic (exact) mass is 208 g/mol. The van der Waals surface area contributed by atoms with Crippen LogP contribution in [0.2, 0.25) is 0 Å². The lowest BCUT2D eigenvalue weighted by Gasteiger charge is -2.30. The molecule has 0 saturated heterocycles. The molecule has 0 aliphatic carbocycles. The highest BCUT2D eigenvalue weighted by Crippen LogP contribution is 2.42. The summed E-state index contributed by atoms with van der Waals surface area (Å²) in [6.07, 6.45) is 2.76. The minimum absolute atomic E-state index is 0.0283. The first kappa shape index (κ1) is 12.8. The highest BCUT2D eigenvalue weighted by molar-refractivity contribution is 7.58. The Kier molecular flexibility index (Phi) is 6.67. The average Bonchev–Trinajstić information content (AvgIpc) is 1.84. The first-order valence-electron chi connectivity index (χ1n) is 4.22. The molecule has 0 bridgehead atoms. The van der Waals surface area contributed by atoms with E-state index < -0.39 is 0 Å². The third-order valence-electron chi connectivity index (χ3n) is 1.67. The molecule has 0 aromatic carbocycles. The molecule has 0 spiro atoms. The summed E-state index contributed by atoms with van der Waals surface area (Å²) in [7, 11) is 8.97. The van der Waals surface area contributed by atoms with Crippen molar-refractivity contribution in [3.8, 4) is 0 Å². The van der Waals surface area contributed by atoms with E-state index in [9.17, 15) is 0 Å². The summed E-state index contributed by atoms with van der Waals surface area (Å²) in [5.74, 6) is 0. The van der Waals surface area contributed by atoms with Gasteiger partial charge in [0.25, 0.3) is 0 Å². The molecule has 4 heteroatoms. The zero-order chi connectivity index (χ0) is 9.72. The molecule has 0 radical (unpaired) electrons. The number of hydrogen-bond donors (Lipinski definition) is 0. The van der Waals surface area contributed by atoms with Gasteiger partial charge in [-0.05, 0) is 53.8 Å². The number of rotatable bonds is 5. The third kappa shape index (κ3) is 5.43. The predicted octanol–water partition coefficient (Wildman–Crippen LogP) is 2.16. The summed E-state index contributed by atoms with van der Waals surface area (Å²) in [6.45, 7) is 4.71. The molecule has 0 amide bonds. The van der Waals surface area contributed by atoms with Crippen molar-refractivity contribution in [3.05, 3.63) is 0 Å². The molecule has 74 valence electrons. The highest BCUT2D eigenvalue weighted by Gasteiger charge is 2.13. The van der Waals surface area contributed by atoms with E-state index in [1.807, 2.05) is 0 Å². The summed E-state index contributed by atoms with van der Waals surface area (Å²) in [6, 6.07) is 0. The molecule has 0 heterocycles. The molecule has 0 aromatic rings. The van der Waals surface area contributed by atoms with Gasteiger partial charge in [0.1, 0.15) is 0 Å².